The quantitative estimate of drug-likeness (QED) is 0.414. The van der Waals surface area contributed by atoms with Crippen LogP contribution in [-0.4, -0.2) is 17.6 Å². The van der Waals surface area contributed by atoms with E-state index in [1.807, 2.05) is 0 Å². The van der Waals surface area contributed by atoms with Crippen molar-refractivity contribution in [3.63, 3.8) is 0 Å². The van der Waals surface area contributed by atoms with E-state index in [0.717, 1.165) is 12.3 Å². The molecule has 4 heteroatoms. The average Bonchev–Trinajstić information content (AvgIpc) is 3.11. The van der Waals surface area contributed by atoms with E-state index < -0.39 is 0 Å². The van der Waals surface area contributed by atoms with Gasteiger partial charge in [-0.1, -0.05) is 12.8 Å². The van der Waals surface area contributed by atoms with Crippen molar-refractivity contribution in [1.82, 2.24) is 5.32 Å². The zero-order valence-corrected chi connectivity index (χ0v) is 9.78. The van der Waals surface area contributed by atoms with Crippen molar-refractivity contribution in [1.29, 1.82) is 0 Å². The summed E-state index contributed by atoms with van der Waals surface area (Å²) in [6, 6.07) is 4.40. The summed E-state index contributed by atoms with van der Waals surface area (Å²) in [7, 11) is 0. The molecular formula is C13H18N2O2. The van der Waals surface area contributed by atoms with Crippen LogP contribution in [0.2, 0.25) is 0 Å². The lowest BCUT2D eigenvalue weighted by Crippen LogP contribution is -2.25. The minimum absolute atomic E-state index is 0.0577. The zero-order valence-electron chi connectivity index (χ0n) is 9.78. The Bertz CT molecular complexity index is 414. The van der Waals surface area contributed by atoms with E-state index in [-0.39, 0.29) is 11.7 Å². The van der Waals surface area contributed by atoms with Gasteiger partial charge in [0, 0.05) is 12.2 Å². The predicted octanol–water partition coefficient (Wildman–Crippen LogP) is 1.89. The van der Waals surface area contributed by atoms with Crippen LogP contribution in [0.25, 0.3) is 0 Å². The van der Waals surface area contributed by atoms with Crippen molar-refractivity contribution in [2.24, 2.45) is 5.92 Å². The van der Waals surface area contributed by atoms with Gasteiger partial charge in [-0.2, -0.15) is 0 Å². The number of anilines is 1. The number of nitrogen functional groups attached to an aromatic ring is 1. The number of carbonyl (C=O) groups excluding carboxylic acids is 1. The minimum atomic E-state index is -0.214. The lowest BCUT2D eigenvalue weighted by molar-refractivity contribution is 0.0953. The first-order valence-electron chi connectivity index (χ1n) is 6.03. The molecule has 1 aliphatic carbocycles. The maximum Gasteiger partial charge on any atom is 0.253 e. The summed E-state index contributed by atoms with van der Waals surface area (Å²) in [4.78, 5) is 11.8. The number of aromatic hydroxyl groups is 1. The van der Waals surface area contributed by atoms with Gasteiger partial charge in [0.25, 0.3) is 5.91 Å². The highest BCUT2D eigenvalue weighted by molar-refractivity contribution is 5.99. The normalized spacial score (nSPS) is 14.6. The third-order valence-corrected chi connectivity index (χ3v) is 3.05. The number of phenols is 1. The molecular weight excluding hydrogens is 216 g/mol. The monoisotopic (exact) mass is 234 g/mol. The average molecular weight is 234 g/mol. The third-order valence-electron chi connectivity index (χ3n) is 3.05. The van der Waals surface area contributed by atoms with Crippen LogP contribution < -0.4 is 11.1 Å². The topological polar surface area (TPSA) is 75.3 Å². The Morgan fingerprint density at radius 1 is 1.47 bits per heavy atom. The summed E-state index contributed by atoms with van der Waals surface area (Å²) in [6.07, 6.45) is 4.88. The van der Waals surface area contributed by atoms with Gasteiger partial charge in [0.05, 0.1) is 5.56 Å². The van der Waals surface area contributed by atoms with Crippen LogP contribution in [0.1, 0.15) is 36.0 Å². The molecule has 0 aromatic heterocycles. The molecule has 0 atom stereocenters. The first-order valence-corrected chi connectivity index (χ1v) is 6.03. The van der Waals surface area contributed by atoms with Gasteiger partial charge in [-0.25, -0.2) is 0 Å². The van der Waals surface area contributed by atoms with E-state index >= 15 is 0 Å². The molecule has 0 saturated heterocycles. The second-order valence-electron chi connectivity index (χ2n) is 4.61. The highest BCUT2D eigenvalue weighted by atomic mass is 16.3. The number of amides is 1. The van der Waals surface area contributed by atoms with Crippen molar-refractivity contribution in [2.75, 3.05) is 12.3 Å². The number of phenolic OH excluding ortho intramolecular Hbond substituents is 1. The largest absolute Gasteiger partial charge is 0.508 e. The van der Waals surface area contributed by atoms with Crippen molar-refractivity contribution in [3.05, 3.63) is 23.8 Å². The highest BCUT2D eigenvalue weighted by Gasteiger charge is 2.20. The molecule has 4 N–H and O–H groups in total. The van der Waals surface area contributed by atoms with Gasteiger partial charge in [-0.05, 0) is 37.0 Å². The number of hydrogen-bond donors (Lipinski definition) is 3. The molecule has 0 unspecified atom stereocenters. The summed E-state index contributed by atoms with van der Waals surface area (Å²) in [5, 5.41) is 12.1. The number of rotatable bonds is 5. The number of hydrogen-bond acceptors (Lipinski definition) is 3. The van der Waals surface area contributed by atoms with Crippen molar-refractivity contribution >= 4 is 11.6 Å². The van der Waals surface area contributed by atoms with Gasteiger partial charge in [0.2, 0.25) is 0 Å². The van der Waals surface area contributed by atoms with E-state index in [1.54, 1.807) is 0 Å². The Kier molecular flexibility index (Phi) is 3.52. The van der Waals surface area contributed by atoms with Crippen LogP contribution in [0.15, 0.2) is 18.2 Å². The molecule has 2 rings (SSSR count). The van der Waals surface area contributed by atoms with E-state index in [4.69, 9.17) is 5.73 Å². The number of nitrogens with one attached hydrogen (secondary N) is 1. The van der Waals surface area contributed by atoms with Gasteiger partial charge in [0.15, 0.2) is 0 Å². The van der Waals surface area contributed by atoms with Crippen LogP contribution in [0.5, 0.6) is 5.75 Å². The predicted molar refractivity (Wildman–Crippen MR) is 66.8 cm³/mol. The molecule has 0 aliphatic heterocycles. The van der Waals surface area contributed by atoms with Gasteiger partial charge >= 0.3 is 0 Å². The van der Waals surface area contributed by atoms with Crippen LogP contribution in [0.3, 0.4) is 0 Å². The van der Waals surface area contributed by atoms with E-state index in [1.165, 1.54) is 37.5 Å². The van der Waals surface area contributed by atoms with Crippen LogP contribution >= 0.6 is 0 Å². The van der Waals surface area contributed by atoms with E-state index in [0.29, 0.717) is 17.8 Å². The van der Waals surface area contributed by atoms with Crippen LogP contribution in [0.4, 0.5) is 5.69 Å². The maximum absolute atomic E-state index is 11.8. The molecule has 1 fully saturated rings. The maximum atomic E-state index is 11.8. The summed E-state index contributed by atoms with van der Waals surface area (Å²) in [5.74, 6) is 0.731. The molecule has 0 bridgehead atoms. The number of nitrogens with two attached hydrogens (primary N) is 1. The van der Waals surface area contributed by atoms with Crippen LogP contribution in [-0.2, 0) is 0 Å². The molecule has 1 amide bonds. The lowest BCUT2D eigenvalue weighted by Gasteiger charge is -2.07. The molecule has 4 nitrogen and oxygen atoms in total. The van der Waals surface area contributed by atoms with Crippen molar-refractivity contribution in [3.8, 4) is 5.75 Å². The van der Waals surface area contributed by atoms with Gasteiger partial charge in [-0.15, -0.1) is 0 Å². The Labute approximate surface area is 101 Å². The smallest absolute Gasteiger partial charge is 0.253 e. The Morgan fingerprint density at radius 3 is 2.94 bits per heavy atom. The fourth-order valence-electron chi connectivity index (χ4n) is 1.84. The van der Waals surface area contributed by atoms with Gasteiger partial charge in [-0.3, -0.25) is 4.79 Å². The Balaban J connectivity index is 1.82. The SMILES string of the molecule is Nc1ccc(O)cc1C(=O)NCCCC1CC1. The molecule has 0 radical (unpaired) electrons. The summed E-state index contributed by atoms with van der Waals surface area (Å²) in [6.45, 7) is 0.671. The molecule has 1 aliphatic rings. The second kappa shape index (κ2) is 5.08. The third kappa shape index (κ3) is 3.37. The molecule has 92 valence electrons. The number of benzene rings is 1. The molecule has 17 heavy (non-hydrogen) atoms. The molecule has 0 heterocycles. The molecule has 1 aromatic rings. The van der Waals surface area contributed by atoms with E-state index in [9.17, 15) is 9.90 Å². The highest BCUT2D eigenvalue weighted by Crippen LogP contribution is 2.33. The standard InChI is InChI=1S/C13H18N2O2/c14-12-6-5-10(16)8-11(12)13(17)15-7-1-2-9-3-4-9/h5-6,8-9,16H,1-4,7,14H2,(H,15,17). The van der Waals surface area contributed by atoms with Crippen molar-refractivity contribution in [2.45, 2.75) is 25.7 Å². The fourth-order valence-corrected chi connectivity index (χ4v) is 1.84. The molecule has 1 saturated carbocycles. The number of carbonyl (C=O) groups is 1. The second-order valence-corrected chi connectivity index (χ2v) is 4.61. The van der Waals surface area contributed by atoms with Crippen molar-refractivity contribution < 1.29 is 9.90 Å². The Hall–Kier alpha value is -1.71. The Morgan fingerprint density at radius 2 is 2.24 bits per heavy atom. The minimum Gasteiger partial charge on any atom is -0.508 e. The first-order chi connectivity index (χ1) is 8.16. The van der Waals surface area contributed by atoms with Gasteiger partial charge in [0.1, 0.15) is 5.75 Å². The summed E-state index contributed by atoms with van der Waals surface area (Å²) >= 11 is 0. The van der Waals surface area contributed by atoms with E-state index in [2.05, 4.69) is 5.32 Å². The summed E-state index contributed by atoms with van der Waals surface area (Å²) in [5.41, 5.74) is 6.42. The summed E-state index contributed by atoms with van der Waals surface area (Å²) < 4.78 is 0. The molecule has 1 aromatic carbocycles. The molecule has 0 spiro atoms. The van der Waals surface area contributed by atoms with Crippen LogP contribution in [0, 0.1) is 5.92 Å². The fraction of sp³-hybridized carbons (Fsp3) is 0.462. The first kappa shape index (κ1) is 11.8. The zero-order chi connectivity index (χ0) is 12.3. The van der Waals surface area contributed by atoms with Gasteiger partial charge < -0.3 is 16.2 Å². The lowest BCUT2D eigenvalue weighted by atomic mass is 10.1.